The highest BCUT2D eigenvalue weighted by Crippen LogP contribution is 2.18. The van der Waals surface area contributed by atoms with Crippen molar-refractivity contribution < 1.29 is 0 Å². The maximum Gasteiger partial charge on any atom is 0.0709 e. The Hall–Kier alpha value is -1.89. The number of hydrogen-bond donors (Lipinski definition) is 0. The van der Waals surface area contributed by atoms with E-state index in [1.54, 1.807) is 0 Å². The van der Waals surface area contributed by atoms with E-state index in [0.29, 0.717) is 0 Å². The molecule has 0 aliphatic carbocycles. The molecule has 0 amide bonds. The van der Waals surface area contributed by atoms with Crippen LogP contribution in [0, 0.1) is 0 Å². The maximum atomic E-state index is 4.70. The average Bonchev–Trinajstić information content (AvgIpc) is 2.38. The summed E-state index contributed by atoms with van der Waals surface area (Å²) >= 11 is 0. The van der Waals surface area contributed by atoms with Gasteiger partial charge in [-0.25, -0.2) is 4.98 Å². The zero-order chi connectivity index (χ0) is 12.1. The molecule has 1 aromatic heterocycles. The molecular weight excluding hydrogens is 206 g/mol. The van der Waals surface area contributed by atoms with Gasteiger partial charge in [-0.1, -0.05) is 43.4 Å². The van der Waals surface area contributed by atoms with Crippen LogP contribution in [0.2, 0.25) is 0 Å². The van der Waals surface area contributed by atoms with Crippen molar-refractivity contribution in [2.45, 2.75) is 20.3 Å². The number of benzene rings is 1. The molecular formula is C16H17N. The van der Waals surface area contributed by atoms with Crippen LogP contribution in [0.1, 0.15) is 25.1 Å². The Balaban J connectivity index is 2.52. The average molecular weight is 223 g/mol. The van der Waals surface area contributed by atoms with Gasteiger partial charge in [0.25, 0.3) is 0 Å². The van der Waals surface area contributed by atoms with Crippen molar-refractivity contribution in [3.05, 3.63) is 59.8 Å². The van der Waals surface area contributed by atoms with Crippen molar-refractivity contribution in [1.29, 1.82) is 0 Å². The van der Waals surface area contributed by atoms with Gasteiger partial charge in [-0.05, 0) is 37.1 Å². The molecule has 0 N–H and O–H groups in total. The van der Waals surface area contributed by atoms with Gasteiger partial charge in [-0.15, -0.1) is 0 Å². The van der Waals surface area contributed by atoms with Gasteiger partial charge in [-0.3, -0.25) is 0 Å². The van der Waals surface area contributed by atoms with Gasteiger partial charge in [0, 0.05) is 5.39 Å². The number of nitrogens with zero attached hydrogens (tertiary/aromatic N) is 1. The smallest absolute Gasteiger partial charge is 0.0709 e. The number of para-hydroxylation sites is 1. The van der Waals surface area contributed by atoms with E-state index >= 15 is 0 Å². The van der Waals surface area contributed by atoms with E-state index in [1.165, 1.54) is 10.9 Å². The van der Waals surface area contributed by atoms with Crippen molar-refractivity contribution in [1.82, 2.24) is 4.98 Å². The summed E-state index contributed by atoms with van der Waals surface area (Å²) in [5.74, 6) is 0. The zero-order valence-electron chi connectivity index (χ0n) is 10.4. The maximum absolute atomic E-state index is 4.70. The molecule has 1 nitrogen and oxygen atoms in total. The monoisotopic (exact) mass is 223 g/mol. The lowest BCUT2D eigenvalue weighted by atomic mass is 10.1. The fourth-order valence-corrected chi connectivity index (χ4v) is 1.86. The van der Waals surface area contributed by atoms with Crippen LogP contribution in [0.15, 0.2) is 48.6 Å². The van der Waals surface area contributed by atoms with Gasteiger partial charge >= 0.3 is 0 Å². The highest BCUT2D eigenvalue weighted by atomic mass is 14.7. The third-order valence-corrected chi connectivity index (χ3v) is 2.77. The van der Waals surface area contributed by atoms with Gasteiger partial charge in [0.2, 0.25) is 0 Å². The topological polar surface area (TPSA) is 12.9 Å². The molecule has 86 valence electrons. The van der Waals surface area contributed by atoms with E-state index in [0.717, 1.165) is 17.6 Å². The summed E-state index contributed by atoms with van der Waals surface area (Å²) in [7, 11) is 0. The Morgan fingerprint density at radius 2 is 2.00 bits per heavy atom. The van der Waals surface area contributed by atoms with Crippen LogP contribution in [-0.2, 0) is 6.42 Å². The second-order valence-electron chi connectivity index (χ2n) is 3.96. The second kappa shape index (κ2) is 5.44. The van der Waals surface area contributed by atoms with Crippen molar-refractivity contribution in [2.24, 2.45) is 0 Å². The molecule has 17 heavy (non-hydrogen) atoms. The SMILES string of the molecule is C/C=C\C=C\c1nc2ccccc2cc1CC. The molecule has 1 aromatic carbocycles. The van der Waals surface area contributed by atoms with E-state index in [9.17, 15) is 0 Å². The van der Waals surface area contributed by atoms with E-state index in [2.05, 4.69) is 37.3 Å². The van der Waals surface area contributed by atoms with Crippen LogP contribution in [0.5, 0.6) is 0 Å². The van der Waals surface area contributed by atoms with Crippen LogP contribution in [0.25, 0.3) is 17.0 Å². The van der Waals surface area contributed by atoms with Crippen LogP contribution >= 0.6 is 0 Å². The minimum atomic E-state index is 1.01. The van der Waals surface area contributed by atoms with Crippen LogP contribution in [-0.4, -0.2) is 4.98 Å². The van der Waals surface area contributed by atoms with Crippen LogP contribution < -0.4 is 0 Å². The lowest BCUT2D eigenvalue weighted by molar-refractivity contribution is 1.11. The molecule has 0 spiro atoms. The van der Waals surface area contributed by atoms with Gasteiger partial charge in [-0.2, -0.15) is 0 Å². The summed E-state index contributed by atoms with van der Waals surface area (Å²) in [5, 5.41) is 1.22. The molecule has 2 aromatic rings. The van der Waals surface area contributed by atoms with Gasteiger partial charge < -0.3 is 0 Å². The quantitative estimate of drug-likeness (QED) is 0.703. The Morgan fingerprint density at radius 3 is 2.76 bits per heavy atom. The Kier molecular flexibility index (Phi) is 3.71. The lowest BCUT2D eigenvalue weighted by Gasteiger charge is -2.05. The minimum Gasteiger partial charge on any atom is -0.248 e. The number of hydrogen-bond acceptors (Lipinski definition) is 1. The first-order valence-electron chi connectivity index (χ1n) is 6.03. The molecule has 0 radical (unpaired) electrons. The summed E-state index contributed by atoms with van der Waals surface area (Å²) in [4.78, 5) is 4.70. The molecule has 0 unspecified atom stereocenters. The van der Waals surface area contributed by atoms with Crippen molar-refractivity contribution in [3.63, 3.8) is 0 Å². The Morgan fingerprint density at radius 1 is 1.18 bits per heavy atom. The summed E-state index contributed by atoms with van der Waals surface area (Å²) in [6.45, 7) is 4.18. The summed E-state index contributed by atoms with van der Waals surface area (Å²) in [6.07, 6.45) is 9.16. The van der Waals surface area contributed by atoms with E-state index in [4.69, 9.17) is 4.98 Å². The molecule has 0 bridgehead atoms. The molecule has 0 fully saturated rings. The van der Waals surface area contributed by atoms with E-state index in [-0.39, 0.29) is 0 Å². The number of allylic oxidation sites excluding steroid dienone is 3. The number of fused-ring (bicyclic) bond motifs is 1. The van der Waals surface area contributed by atoms with Crippen LogP contribution in [0.3, 0.4) is 0 Å². The first kappa shape index (κ1) is 11.6. The van der Waals surface area contributed by atoms with E-state index in [1.807, 2.05) is 31.2 Å². The van der Waals surface area contributed by atoms with Gasteiger partial charge in [0.1, 0.15) is 0 Å². The van der Waals surface area contributed by atoms with Crippen molar-refractivity contribution in [2.75, 3.05) is 0 Å². The fraction of sp³-hybridized carbons (Fsp3) is 0.188. The number of aryl methyl sites for hydroxylation is 1. The summed E-state index contributed by atoms with van der Waals surface area (Å²) < 4.78 is 0. The predicted molar refractivity (Wildman–Crippen MR) is 75.0 cm³/mol. The largest absolute Gasteiger partial charge is 0.248 e. The molecule has 2 rings (SSSR count). The number of aromatic nitrogens is 1. The molecule has 0 aliphatic rings. The molecule has 0 atom stereocenters. The molecule has 0 saturated heterocycles. The molecule has 0 aliphatic heterocycles. The lowest BCUT2D eigenvalue weighted by Crippen LogP contribution is -1.92. The highest BCUT2D eigenvalue weighted by Gasteiger charge is 2.01. The van der Waals surface area contributed by atoms with Crippen molar-refractivity contribution in [3.8, 4) is 0 Å². The second-order valence-corrected chi connectivity index (χ2v) is 3.96. The van der Waals surface area contributed by atoms with Gasteiger partial charge in [0.15, 0.2) is 0 Å². The fourth-order valence-electron chi connectivity index (χ4n) is 1.86. The molecule has 0 saturated carbocycles. The summed E-state index contributed by atoms with van der Waals surface area (Å²) in [5.41, 5.74) is 3.43. The van der Waals surface area contributed by atoms with Gasteiger partial charge in [0.05, 0.1) is 11.2 Å². The first-order chi connectivity index (χ1) is 8.35. The minimum absolute atomic E-state index is 1.01. The standard InChI is InChI=1S/C16H17N/c1-3-5-6-10-15-13(4-2)12-14-9-7-8-11-16(14)17-15/h3,5-12H,4H2,1-2H3/b5-3-,10-6+. The normalized spacial score (nSPS) is 11.9. The molecule has 1 heterocycles. The highest BCUT2D eigenvalue weighted by molar-refractivity contribution is 5.80. The Bertz CT molecular complexity index is 565. The third-order valence-electron chi connectivity index (χ3n) is 2.77. The Labute approximate surface area is 103 Å². The third kappa shape index (κ3) is 2.62. The molecule has 1 heteroatoms. The van der Waals surface area contributed by atoms with E-state index < -0.39 is 0 Å². The predicted octanol–water partition coefficient (Wildman–Crippen LogP) is 4.39. The first-order valence-corrected chi connectivity index (χ1v) is 6.03. The zero-order valence-corrected chi connectivity index (χ0v) is 10.4. The number of pyridine rings is 1. The van der Waals surface area contributed by atoms with Crippen LogP contribution in [0.4, 0.5) is 0 Å². The number of rotatable bonds is 3. The summed E-state index contributed by atoms with van der Waals surface area (Å²) in [6, 6.07) is 10.5. The van der Waals surface area contributed by atoms with Crippen molar-refractivity contribution >= 4 is 17.0 Å².